The van der Waals surface area contributed by atoms with E-state index in [-0.39, 0.29) is 18.2 Å². The quantitative estimate of drug-likeness (QED) is 0.569. The first-order chi connectivity index (χ1) is 14.2. The molecule has 12 heteroatoms. The van der Waals surface area contributed by atoms with E-state index in [2.05, 4.69) is 20.6 Å². The van der Waals surface area contributed by atoms with Crippen LogP contribution in [-0.4, -0.2) is 51.4 Å². The molecule has 4 rings (SSSR count). The van der Waals surface area contributed by atoms with E-state index in [1.54, 1.807) is 11.8 Å². The third-order valence-electron chi connectivity index (χ3n) is 5.11. The summed E-state index contributed by atoms with van der Waals surface area (Å²) in [6, 6.07) is 3.54. The molecule has 0 unspecified atom stereocenters. The number of aliphatic hydroxyl groups is 2. The number of alkyl halides is 3. The van der Waals surface area contributed by atoms with Gasteiger partial charge in [-0.15, -0.1) is 0 Å². The summed E-state index contributed by atoms with van der Waals surface area (Å²) in [5.74, 6) is 0.905. The van der Waals surface area contributed by atoms with Crippen molar-refractivity contribution < 1.29 is 28.1 Å². The summed E-state index contributed by atoms with van der Waals surface area (Å²) in [6.07, 6.45) is -6.61. The monoisotopic (exact) mass is 445 g/mol. The van der Waals surface area contributed by atoms with Gasteiger partial charge in [0.15, 0.2) is 17.9 Å². The Morgan fingerprint density at radius 1 is 1.30 bits per heavy atom. The van der Waals surface area contributed by atoms with Crippen LogP contribution >= 0.6 is 11.6 Å². The van der Waals surface area contributed by atoms with Crippen LogP contribution in [0.25, 0.3) is 0 Å². The van der Waals surface area contributed by atoms with Gasteiger partial charge in [0.25, 0.3) is 0 Å². The third kappa shape index (κ3) is 3.73. The number of benzene rings is 1. The molecule has 0 spiro atoms. The van der Waals surface area contributed by atoms with Crippen LogP contribution in [0.5, 0.6) is 0 Å². The van der Waals surface area contributed by atoms with Crippen molar-refractivity contribution in [1.29, 1.82) is 0 Å². The van der Waals surface area contributed by atoms with E-state index >= 15 is 0 Å². The molecule has 0 radical (unpaired) electrons. The maximum atomic E-state index is 12.8. The molecule has 162 valence electrons. The number of fused-ring (bicyclic) bond motifs is 1. The Kier molecular flexibility index (Phi) is 5.39. The van der Waals surface area contributed by atoms with Gasteiger partial charge in [0.05, 0.1) is 23.4 Å². The second-order valence-corrected chi connectivity index (χ2v) is 7.51. The SMILES string of the molecule is C[C@H]1O[C@@H](N2CNc3c(NCc4ccc(C(F)(F)F)c(Cl)c4)ncnc32)[C@H](O)[C@@H]1O. The molecular weight excluding hydrogens is 427 g/mol. The Bertz CT molecular complexity index is 948. The Balaban J connectivity index is 1.50. The number of hydrogen-bond acceptors (Lipinski definition) is 8. The summed E-state index contributed by atoms with van der Waals surface area (Å²) in [4.78, 5) is 10.1. The molecule has 1 saturated heterocycles. The van der Waals surface area contributed by atoms with Gasteiger partial charge in [0.2, 0.25) is 0 Å². The minimum atomic E-state index is -4.51. The molecule has 0 aliphatic carbocycles. The molecule has 1 fully saturated rings. The molecule has 0 amide bonds. The molecule has 4 N–H and O–H groups in total. The first-order valence-electron chi connectivity index (χ1n) is 9.13. The highest BCUT2D eigenvalue weighted by Crippen LogP contribution is 2.39. The molecular formula is C18H19ClF3N5O3. The summed E-state index contributed by atoms with van der Waals surface area (Å²) < 4.78 is 44.2. The van der Waals surface area contributed by atoms with Gasteiger partial charge in [-0.1, -0.05) is 17.7 Å². The zero-order valence-corrected chi connectivity index (χ0v) is 16.4. The zero-order valence-electron chi connectivity index (χ0n) is 15.7. The predicted molar refractivity (Wildman–Crippen MR) is 103 cm³/mol. The largest absolute Gasteiger partial charge is 0.417 e. The fraction of sp³-hybridized carbons (Fsp3) is 0.444. The van der Waals surface area contributed by atoms with Crippen LogP contribution in [0.3, 0.4) is 0 Å². The van der Waals surface area contributed by atoms with Crippen LogP contribution in [0.15, 0.2) is 24.5 Å². The van der Waals surface area contributed by atoms with Crippen LogP contribution in [0.1, 0.15) is 18.1 Å². The van der Waals surface area contributed by atoms with Gasteiger partial charge in [-0.2, -0.15) is 13.2 Å². The van der Waals surface area contributed by atoms with Gasteiger partial charge in [0, 0.05) is 6.54 Å². The van der Waals surface area contributed by atoms with Crippen LogP contribution in [0, 0.1) is 0 Å². The molecule has 4 atom stereocenters. The van der Waals surface area contributed by atoms with Crippen molar-refractivity contribution in [3.63, 3.8) is 0 Å². The Morgan fingerprint density at radius 3 is 2.70 bits per heavy atom. The minimum Gasteiger partial charge on any atom is -0.388 e. The Labute approximate surface area is 174 Å². The van der Waals surface area contributed by atoms with Gasteiger partial charge in [-0.25, -0.2) is 9.97 Å². The summed E-state index contributed by atoms with van der Waals surface area (Å²) in [6.45, 7) is 2.12. The van der Waals surface area contributed by atoms with Gasteiger partial charge in [-0.05, 0) is 24.6 Å². The van der Waals surface area contributed by atoms with E-state index in [1.165, 1.54) is 18.5 Å². The molecule has 2 aliphatic heterocycles. The Hall–Kier alpha value is -2.34. The minimum absolute atomic E-state index is 0.182. The summed E-state index contributed by atoms with van der Waals surface area (Å²) in [5.41, 5.74) is 0.210. The van der Waals surface area contributed by atoms with Crippen molar-refractivity contribution >= 4 is 28.9 Å². The second kappa shape index (κ2) is 7.73. The number of nitrogens with one attached hydrogen (secondary N) is 2. The van der Waals surface area contributed by atoms with Crippen molar-refractivity contribution in [2.24, 2.45) is 0 Å². The maximum absolute atomic E-state index is 12.8. The molecule has 1 aromatic carbocycles. The smallest absolute Gasteiger partial charge is 0.388 e. The molecule has 2 aliphatic rings. The lowest BCUT2D eigenvalue weighted by Crippen LogP contribution is -2.44. The van der Waals surface area contributed by atoms with Crippen LogP contribution in [0.2, 0.25) is 5.02 Å². The van der Waals surface area contributed by atoms with Crippen molar-refractivity contribution in [2.75, 3.05) is 22.2 Å². The maximum Gasteiger partial charge on any atom is 0.417 e. The van der Waals surface area contributed by atoms with Crippen molar-refractivity contribution in [3.8, 4) is 0 Å². The van der Waals surface area contributed by atoms with E-state index in [1.807, 2.05) is 0 Å². The average molecular weight is 446 g/mol. The summed E-state index contributed by atoms with van der Waals surface area (Å²) in [5, 5.41) is 26.0. The normalized spacial score (nSPS) is 25.9. The molecule has 2 aromatic rings. The highest BCUT2D eigenvalue weighted by atomic mass is 35.5. The lowest BCUT2D eigenvalue weighted by Gasteiger charge is -2.26. The van der Waals surface area contributed by atoms with Gasteiger partial charge in [-0.3, -0.25) is 0 Å². The van der Waals surface area contributed by atoms with Gasteiger partial charge < -0.3 is 30.5 Å². The van der Waals surface area contributed by atoms with Gasteiger partial charge in [0.1, 0.15) is 24.2 Å². The average Bonchev–Trinajstić information content (AvgIpc) is 3.22. The molecule has 30 heavy (non-hydrogen) atoms. The molecule has 1 aromatic heterocycles. The van der Waals surface area contributed by atoms with Crippen LogP contribution in [0.4, 0.5) is 30.5 Å². The summed E-state index contributed by atoms with van der Waals surface area (Å²) in [7, 11) is 0. The standard InChI is InChI=1S/C18H19ClF3N5O3/c1-8-13(28)14(29)17(30-8)27-7-26-12-15(24-6-25-16(12)27)23-5-9-2-3-10(11(19)4-9)18(20,21)22/h2-4,6,8,13-14,17,26,28-29H,5,7H2,1H3,(H,23,24,25)/t8-,13-,14-,17-/m1/s1. The fourth-order valence-corrected chi connectivity index (χ4v) is 3.82. The first kappa shape index (κ1) is 20.9. The van der Waals surface area contributed by atoms with Crippen LogP contribution in [-0.2, 0) is 17.5 Å². The number of anilines is 3. The molecule has 8 nitrogen and oxygen atoms in total. The van der Waals surface area contributed by atoms with Gasteiger partial charge >= 0.3 is 6.18 Å². The second-order valence-electron chi connectivity index (χ2n) is 7.10. The topological polar surface area (TPSA) is 103 Å². The lowest BCUT2D eigenvalue weighted by atomic mass is 10.1. The van der Waals surface area contributed by atoms with E-state index in [9.17, 15) is 23.4 Å². The van der Waals surface area contributed by atoms with E-state index in [4.69, 9.17) is 16.3 Å². The van der Waals surface area contributed by atoms with E-state index in [0.29, 0.717) is 22.9 Å². The number of aromatic nitrogens is 2. The Morgan fingerprint density at radius 2 is 2.07 bits per heavy atom. The molecule has 0 saturated carbocycles. The van der Waals surface area contributed by atoms with Crippen molar-refractivity contribution in [3.05, 3.63) is 40.7 Å². The van der Waals surface area contributed by atoms with Crippen molar-refractivity contribution in [2.45, 2.75) is 44.2 Å². The summed E-state index contributed by atoms with van der Waals surface area (Å²) >= 11 is 5.77. The fourth-order valence-electron chi connectivity index (χ4n) is 3.51. The van der Waals surface area contributed by atoms with E-state index < -0.39 is 36.3 Å². The van der Waals surface area contributed by atoms with Crippen LogP contribution < -0.4 is 15.5 Å². The predicted octanol–water partition coefficient (Wildman–Crippen LogP) is 2.42. The molecule has 3 heterocycles. The zero-order chi connectivity index (χ0) is 21.6. The number of rotatable bonds is 4. The number of aliphatic hydroxyl groups excluding tert-OH is 2. The lowest BCUT2D eigenvalue weighted by molar-refractivity contribution is -0.137. The molecule has 0 bridgehead atoms. The first-order valence-corrected chi connectivity index (χ1v) is 9.51. The highest BCUT2D eigenvalue weighted by molar-refractivity contribution is 6.31. The number of nitrogens with zero attached hydrogens (tertiary/aromatic N) is 3. The third-order valence-corrected chi connectivity index (χ3v) is 5.42. The number of ether oxygens (including phenoxy) is 1. The number of halogens is 4. The van der Waals surface area contributed by atoms with E-state index in [0.717, 1.165) is 6.07 Å². The number of hydrogen-bond donors (Lipinski definition) is 4. The highest BCUT2D eigenvalue weighted by Gasteiger charge is 2.45. The van der Waals surface area contributed by atoms with Crippen molar-refractivity contribution in [1.82, 2.24) is 9.97 Å².